The van der Waals surface area contributed by atoms with Crippen molar-refractivity contribution in [2.75, 3.05) is 6.61 Å². The van der Waals surface area contributed by atoms with Crippen LogP contribution in [0, 0.1) is 11.3 Å². The van der Waals surface area contributed by atoms with Gasteiger partial charge < -0.3 is 9.84 Å². The Labute approximate surface area is 58.3 Å². The van der Waals surface area contributed by atoms with E-state index in [0.29, 0.717) is 0 Å². The van der Waals surface area contributed by atoms with Gasteiger partial charge in [-0.05, 0) is 6.92 Å². The Morgan fingerprint density at radius 3 is 2.80 bits per heavy atom. The van der Waals surface area contributed by atoms with Crippen LogP contribution in [0.4, 0.5) is 0 Å². The summed E-state index contributed by atoms with van der Waals surface area (Å²) in [6, 6.07) is 1.57. The summed E-state index contributed by atoms with van der Waals surface area (Å²) in [4.78, 5) is 10.1. The molecular weight excluding hydrogens is 134 g/mol. The van der Waals surface area contributed by atoms with Crippen molar-refractivity contribution in [3.63, 3.8) is 0 Å². The molecule has 0 saturated carbocycles. The van der Waals surface area contributed by atoms with Crippen molar-refractivity contribution in [3.05, 3.63) is 11.8 Å². The standard InChI is InChI=1S/C6H7NO3/c1-2-10-5(3-4-7)6(8)9/h3H,2H2,1H3,(H,8,9)/b5-3-. The summed E-state index contributed by atoms with van der Waals surface area (Å²) in [6.45, 7) is 1.90. The topological polar surface area (TPSA) is 70.3 Å². The molecule has 0 rings (SSSR count). The molecule has 0 bridgehead atoms. The lowest BCUT2D eigenvalue weighted by Crippen LogP contribution is -2.04. The molecule has 0 saturated heterocycles. The SMILES string of the molecule is CCO/C(=C\C#N)C(=O)O. The zero-order chi connectivity index (χ0) is 7.98. The van der Waals surface area contributed by atoms with Crippen molar-refractivity contribution >= 4 is 5.97 Å². The van der Waals surface area contributed by atoms with Gasteiger partial charge in [0.1, 0.15) is 0 Å². The van der Waals surface area contributed by atoms with Crippen molar-refractivity contribution in [1.82, 2.24) is 0 Å². The Balaban J connectivity index is 4.15. The molecule has 0 unspecified atom stereocenters. The van der Waals surface area contributed by atoms with E-state index < -0.39 is 5.97 Å². The lowest BCUT2D eigenvalue weighted by Gasteiger charge is -1.99. The summed E-state index contributed by atoms with van der Waals surface area (Å²) in [5.74, 6) is -1.53. The lowest BCUT2D eigenvalue weighted by atomic mass is 10.4. The zero-order valence-corrected chi connectivity index (χ0v) is 5.50. The first kappa shape index (κ1) is 8.50. The Morgan fingerprint density at radius 1 is 1.90 bits per heavy atom. The van der Waals surface area contributed by atoms with Gasteiger partial charge in [-0.3, -0.25) is 0 Å². The minimum atomic E-state index is -1.22. The van der Waals surface area contributed by atoms with Gasteiger partial charge in [-0.2, -0.15) is 5.26 Å². The molecule has 0 aliphatic carbocycles. The molecule has 0 fully saturated rings. The molecule has 10 heavy (non-hydrogen) atoms. The van der Waals surface area contributed by atoms with Crippen LogP contribution in [-0.2, 0) is 9.53 Å². The van der Waals surface area contributed by atoms with Crippen molar-refractivity contribution in [2.24, 2.45) is 0 Å². The summed E-state index contributed by atoms with van der Waals surface area (Å²) >= 11 is 0. The molecule has 4 heteroatoms. The van der Waals surface area contributed by atoms with Gasteiger partial charge in [0, 0.05) is 0 Å². The van der Waals surface area contributed by atoms with E-state index >= 15 is 0 Å². The number of nitriles is 1. The Morgan fingerprint density at radius 2 is 2.50 bits per heavy atom. The van der Waals surface area contributed by atoms with Crippen LogP contribution in [0.3, 0.4) is 0 Å². The second kappa shape index (κ2) is 4.39. The summed E-state index contributed by atoms with van der Waals surface area (Å²) in [5, 5.41) is 16.3. The normalized spacial score (nSPS) is 10.2. The van der Waals surface area contributed by atoms with E-state index in [-0.39, 0.29) is 12.4 Å². The van der Waals surface area contributed by atoms with E-state index in [1.54, 1.807) is 13.0 Å². The predicted octanol–water partition coefficient (Wildman–Crippen LogP) is 0.515. The predicted molar refractivity (Wildman–Crippen MR) is 33.0 cm³/mol. The average molecular weight is 141 g/mol. The van der Waals surface area contributed by atoms with Crippen molar-refractivity contribution in [3.8, 4) is 6.07 Å². The van der Waals surface area contributed by atoms with Crippen LogP contribution in [0.5, 0.6) is 0 Å². The molecular formula is C6H7NO3. The van der Waals surface area contributed by atoms with Crippen molar-refractivity contribution < 1.29 is 14.6 Å². The van der Waals surface area contributed by atoms with Gasteiger partial charge in [-0.25, -0.2) is 4.79 Å². The first-order valence-corrected chi connectivity index (χ1v) is 2.68. The minimum absolute atomic E-state index is 0.250. The first-order chi connectivity index (χ1) is 4.72. The smallest absolute Gasteiger partial charge is 0.371 e. The molecule has 0 aromatic heterocycles. The van der Waals surface area contributed by atoms with Gasteiger partial charge >= 0.3 is 5.97 Å². The molecule has 4 nitrogen and oxygen atoms in total. The Hall–Kier alpha value is -1.50. The van der Waals surface area contributed by atoms with Crippen molar-refractivity contribution in [1.29, 1.82) is 5.26 Å². The molecule has 0 aromatic carbocycles. The monoisotopic (exact) mass is 141 g/mol. The molecule has 1 N–H and O–H groups in total. The molecule has 0 atom stereocenters. The van der Waals surface area contributed by atoms with E-state index in [2.05, 4.69) is 4.74 Å². The van der Waals surface area contributed by atoms with Crippen LogP contribution < -0.4 is 0 Å². The highest BCUT2D eigenvalue weighted by Crippen LogP contribution is 1.95. The highest BCUT2D eigenvalue weighted by molar-refractivity contribution is 5.84. The Kier molecular flexibility index (Phi) is 3.73. The fourth-order valence-corrected chi connectivity index (χ4v) is 0.379. The van der Waals surface area contributed by atoms with Gasteiger partial charge in [-0.15, -0.1) is 0 Å². The average Bonchev–Trinajstić information content (AvgIpc) is 1.87. The lowest BCUT2D eigenvalue weighted by molar-refractivity contribution is -0.136. The Bertz CT molecular complexity index is 190. The summed E-state index contributed by atoms with van der Waals surface area (Å²) < 4.78 is 4.58. The van der Waals surface area contributed by atoms with Gasteiger partial charge in [-0.1, -0.05) is 0 Å². The highest BCUT2D eigenvalue weighted by Gasteiger charge is 2.05. The van der Waals surface area contributed by atoms with E-state index in [9.17, 15) is 4.79 Å². The first-order valence-electron chi connectivity index (χ1n) is 2.68. The molecule has 0 aliphatic rings. The van der Waals surface area contributed by atoms with Crippen LogP contribution in [0.15, 0.2) is 11.8 Å². The van der Waals surface area contributed by atoms with Crippen LogP contribution in [-0.4, -0.2) is 17.7 Å². The van der Waals surface area contributed by atoms with Gasteiger partial charge in [0.25, 0.3) is 0 Å². The van der Waals surface area contributed by atoms with Crippen LogP contribution in [0.1, 0.15) is 6.92 Å². The number of hydrogen-bond donors (Lipinski definition) is 1. The van der Waals surface area contributed by atoms with Crippen molar-refractivity contribution in [2.45, 2.75) is 6.92 Å². The summed E-state index contributed by atoms with van der Waals surface area (Å²) in [6.07, 6.45) is 0.853. The van der Waals surface area contributed by atoms with Crippen LogP contribution >= 0.6 is 0 Å². The molecule has 0 aromatic rings. The fourth-order valence-electron chi connectivity index (χ4n) is 0.379. The minimum Gasteiger partial charge on any atom is -0.486 e. The van der Waals surface area contributed by atoms with Gasteiger partial charge in [0.15, 0.2) is 0 Å². The maximum absolute atomic E-state index is 10.1. The van der Waals surface area contributed by atoms with E-state index in [4.69, 9.17) is 10.4 Å². The summed E-state index contributed by atoms with van der Waals surface area (Å²) in [7, 11) is 0. The number of allylic oxidation sites excluding steroid dienone is 1. The van der Waals surface area contributed by atoms with Crippen LogP contribution in [0.2, 0.25) is 0 Å². The maximum atomic E-state index is 10.1. The maximum Gasteiger partial charge on any atom is 0.371 e. The number of hydrogen-bond acceptors (Lipinski definition) is 3. The van der Waals surface area contributed by atoms with E-state index in [1.807, 2.05) is 0 Å². The molecule has 0 aliphatic heterocycles. The highest BCUT2D eigenvalue weighted by atomic mass is 16.5. The fraction of sp³-hybridized carbons (Fsp3) is 0.333. The number of ether oxygens (including phenoxy) is 1. The van der Waals surface area contributed by atoms with Crippen LogP contribution in [0.25, 0.3) is 0 Å². The molecule has 0 heterocycles. The molecule has 0 radical (unpaired) electrons. The number of rotatable bonds is 3. The largest absolute Gasteiger partial charge is 0.486 e. The number of carboxylic acids is 1. The van der Waals surface area contributed by atoms with Gasteiger partial charge in [0.05, 0.1) is 18.8 Å². The second-order valence-corrected chi connectivity index (χ2v) is 1.38. The third kappa shape index (κ3) is 2.72. The number of nitrogens with zero attached hydrogens (tertiary/aromatic N) is 1. The second-order valence-electron chi connectivity index (χ2n) is 1.38. The molecule has 54 valence electrons. The van der Waals surface area contributed by atoms with E-state index in [1.165, 1.54) is 0 Å². The zero-order valence-electron chi connectivity index (χ0n) is 5.50. The number of carbonyl (C=O) groups is 1. The molecule has 0 amide bonds. The third-order valence-corrected chi connectivity index (χ3v) is 0.706. The number of carboxylic acid groups (broad SMARTS) is 1. The van der Waals surface area contributed by atoms with Gasteiger partial charge in [0.2, 0.25) is 5.76 Å². The third-order valence-electron chi connectivity index (χ3n) is 0.706. The summed E-state index contributed by atoms with van der Waals surface area (Å²) in [5.41, 5.74) is 0. The van der Waals surface area contributed by atoms with E-state index in [0.717, 1.165) is 6.08 Å². The number of aliphatic carboxylic acids is 1. The quantitative estimate of drug-likeness (QED) is 0.353. The molecule has 0 spiro atoms.